The Labute approximate surface area is 82.7 Å². The lowest BCUT2D eigenvalue weighted by Crippen LogP contribution is -1.84. The summed E-state index contributed by atoms with van der Waals surface area (Å²) in [6, 6.07) is 2.03. The van der Waals surface area contributed by atoms with Gasteiger partial charge in [0.15, 0.2) is 0 Å². The van der Waals surface area contributed by atoms with Crippen molar-refractivity contribution < 1.29 is 9.53 Å². The molecule has 60 valence electrons. The average molecular weight is 282 g/mol. The van der Waals surface area contributed by atoms with E-state index in [4.69, 9.17) is 0 Å². The molecule has 0 unspecified atom stereocenters. The first kappa shape index (κ1) is 8.99. The third-order valence-corrected chi connectivity index (χ3v) is 3.71. The minimum atomic E-state index is 0.401. The lowest BCUT2D eigenvalue weighted by atomic mass is 10.4. The Kier molecular flexibility index (Phi) is 3.32. The molecule has 0 radical (unpaired) electrons. The van der Waals surface area contributed by atoms with Crippen LogP contribution in [0.2, 0.25) is 0 Å². The van der Waals surface area contributed by atoms with E-state index in [0.717, 1.165) is 4.88 Å². The van der Waals surface area contributed by atoms with Crippen molar-refractivity contribution in [1.29, 1.82) is 0 Å². The van der Waals surface area contributed by atoms with E-state index in [1.165, 1.54) is 8.45 Å². The Bertz CT molecular complexity index is 237. The summed E-state index contributed by atoms with van der Waals surface area (Å²) in [6.07, 6.45) is 0. The average Bonchev–Trinajstić information content (AvgIpc) is 2.28. The standard InChI is InChI=1S/C7H7IO2S/c1-5-7(8)2-6(11-5)3-10-4-9/h2,4H,3H2,1H3. The minimum absolute atomic E-state index is 0.401. The fourth-order valence-electron chi connectivity index (χ4n) is 0.705. The smallest absolute Gasteiger partial charge is 0.293 e. The summed E-state index contributed by atoms with van der Waals surface area (Å²) in [7, 11) is 0. The molecule has 1 aromatic heterocycles. The van der Waals surface area contributed by atoms with Crippen LogP contribution in [0.25, 0.3) is 0 Å². The van der Waals surface area contributed by atoms with Crippen LogP contribution in [0.1, 0.15) is 9.75 Å². The van der Waals surface area contributed by atoms with Crippen LogP contribution in [0.15, 0.2) is 6.07 Å². The molecule has 0 aliphatic carbocycles. The molecule has 0 aliphatic rings. The predicted molar refractivity (Wildman–Crippen MR) is 52.6 cm³/mol. The Hall–Kier alpha value is -0.100. The number of thiophene rings is 1. The molecular formula is C7H7IO2S. The van der Waals surface area contributed by atoms with Crippen LogP contribution in [0.3, 0.4) is 0 Å². The Morgan fingerprint density at radius 2 is 2.55 bits per heavy atom. The maximum atomic E-state index is 9.85. The quantitative estimate of drug-likeness (QED) is 0.628. The van der Waals surface area contributed by atoms with Gasteiger partial charge in [-0.3, -0.25) is 4.79 Å². The molecule has 1 rings (SSSR count). The maximum Gasteiger partial charge on any atom is 0.293 e. The maximum absolute atomic E-state index is 9.85. The van der Waals surface area contributed by atoms with Gasteiger partial charge in [-0.15, -0.1) is 11.3 Å². The van der Waals surface area contributed by atoms with Gasteiger partial charge in [0.2, 0.25) is 0 Å². The highest BCUT2D eigenvalue weighted by atomic mass is 127. The summed E-state index contributed by atoms with van der Waals surface area (Å²) in [6.45, 7) is 2.93. The van der Waals surface area contributed by atoms with Crippen LogP contribution in [-0.2, 0) is 16.1 Å². The first-order valence-electron chi connectivity index (χ1n) is 3.04. The molecule has 0 saturated carbocycles. The number of carbonyl (C=O) groups excluding carboxylic acids is 1. The number of aryl methyl sites for hydroxylation is 1. The summed E-state index contributed by atoms with van der Waals surface area (Å²) in [4.78, 5) is 12.2. The molecule has 0 aliphatic heterocycles. The molecule has 0 aromatic carbocycles. The Balaban J connectivity index is 2.64. The summed E-state index contributed by atoms with van der Waals surface area (Å²) < 4.78 is 5.85. The van der Waals surface area contributed by atoms with Crippen LogP contribution in [0, 0.1) is 10.5 Å². The van der Waals surface area contributed by atoms with Crippen LogP contribution in [-0.4, -0.2) is 6.47 Å². The zero-order valence-electron chi connectivity index (χ0n) is 5.96. The van der Waals surface area contributed by atoms with Crippen LogP contribution >= 0.6 is 33.9 Å². The Morgan fingerprint density at radius 1 is 1.82 bits per heavy atom. The molecule has 4 heteroatoms. The second-order valence-electron chi connectivity index (χ2n) is 2.02. The van der Waals surface area contributed by atoms with E-state index >= 15 is 0 Å². The summed E-state index contributed by atoms with van der Waals surface area (Å²) in [5, 5.41) is 0. The number of ether oxygens (including phenoxy) is 1. The summed E-state index contributed by atoms with van der Waals surface area (Å²) in [5.41, 5.74) is 0. The fourth-order valence-corrected chi connectivity index (χ4v) is 2.48. The minimum Gasteiger partial charge on any atom is -0.462 e. The molecule has 0 amide bonds. The number of rotatable bonds is 3. The van der Waals surface area contributed by atoms with Crippen molar-refractivity contribution in [1.82, 2.24) is 0 Å². The highest BCUT2D eigenvalue weighted by Gasteiger charge is 2.01. The van der Waals surface area contributed by atoms with Crippen molar-refractivity contribution in [3.8, 4) is 0 Å². The third-order valence-electron chi connectivity index (χ3n) is 1.20. The molecule has 0 bridgehead atoms. The summed E-state index contributed by atoms with van der Waals surface area (Å²) >= 11 is 3.93. The topological polar surface area (TPSA) is 26.3 Å². The first-order chi connectivity index (χ1) is 5.24. The SMILES string of the molecule is Cc1sc(COC=O)cc1I. The number of hydrogen-bond donors (Lipinski definition) is 0. The monoisotopic (exact) mass is 282 g/mol. The van der Waals surface area contributed by atoms with Crippen molar-refractivity contribution in [3.05, 3.63) is 19.4 Å². The fraction of sp³-hybridized carbons (Fsp3) is 0.286. The van der Waals surface area contributed by atoms with E-state index < -0.39 is 0 Å². The highest BCUT2D eigenvalue weighted by Crippen LogP contribution is 2.23. The molecule has 1 aromatic rings. The van der Waals surface area contributed by atoms with E-state index in [1.807, 2.05) is 6.07 Å². The van der Waals surface area contributed by atoms with Gasteiger partial charge in [-0.05, 0) is 35.6 Å². The van der Waals surface area contributed by atoms with E-state index in [0.29, 0.717) is 13.1 Å². The van der Waals surface area contributed by atoms with E-state index in [2.05, 4.69) is 34.3 Å². The lowest BCUT2D eigenvalue weighted by Gasteiger charge is -1.90. The van der Waals surface area contributed by atoms with Crippen molar-refractivity contribution in [2.24, 2.45) is 0 Å². The van der Waals surface area contributed by atoms with Crippen LogP contribution < -0.4 is 0 Å². The van der Waals surface area contributed by atoms with Gasteiger partial charge < -0.3 is 4.74 Å². The first-order valence-corrected chi connectivity index (χ1v) is 4.93. The Morgan fingerprint density at radius 3 is 3.00 bits per heavy atom. The molecule has 0 atom stereocenters. The van der Waals surface area contributed by atoms with Gasteiger partial charge >= 0.3 is 0 Å². The van der Waals surface area contributed by atoms with E-state index in [9.17, 15) is 4.79 Å². The van der Waals surface area contributed by atoms with Crippen molar-refractivity contribution in [2.75, 3.05) is 0 Å². The van der Waals surface area contributed by atoms with Gasteiger partial charge in [-0.2, -0.15) is 0 Å². The van der Waals surface area contributed by atoms with Crippen molar-refractivity contribution in [3.63, 3.8) is 0 Å². The second kappa shape index (κ2) is 4.06. The number of halogens is 1. The largest absolute Gasteiger partial charge is 0.462 e. The van der Waals surface area contributed by atoms with Crippen LogP contribution in [0.4, 0.5) is 0 Å². The highest BCUT2D eigenvalue weighted by molar-refractivity contribution is 14.1. The molecule has 0 fully saturated rings. The molecule has 0 spiro atoms. The van der Waals surface area contributed by atoms with Gasteiger partial charge in [0.25, 0.3) is 6.47 Å². The predicted octanol–water partition coefficient (Wildman–Crippen LogP) is 2.33. The van der Waals surface area contributed by atoms with Gasteiger partial charge in [0, 0.05) is 13.3 Å². The zero-order chi connectivity index (χ0) is 8.27. The lowest BCUT2D eigenvalue weighted by molar-refractivity contribution is -0.129. The normalized spacial score (nSPS) is 9.64. The molecule has 0 saturated heterocycles. The zero-order valence-corrected chi connectivity index (χ0v) is 8.94. The van der Waals surface area contributed by atoms with Gasteiger partial charge in [0.05, 0.1) is 0 Å². The molecule has 1 heterocycles. The molecule has 0 N–H and O–H groups in total. The van der Waals surface area contributed by atoms with Gasteiger partial charge in [-0.25, -0.2) is 0 Å². The molecule has 11 heavy (non-hydrogen) atoms. The second-order valence-corrected chi connectivity index (χ2v) is 4.53. The number of hydrogen-bond acceptors (Lipinski definition) is 3. The van der Waals surface area contributed by atoms with E-state index in [1.54, 1.807) is 11.3 Å². The van der Waals surface area contributed by atoms with Crippen molar-refractivity contribution >= 4 is 40.4 Å². The molecule has 2 nitrogen and oxygen atoms in total. The molecular weight excluding hydrogens is 275 g/mol. The third kappa shape index (κ3) is 2.44. The number of carbonyl (C=O) groups is 1. The van der Waals surface area contributed by atoms with E-state index in [-0.39, 0.29) is 0 Å². The van der Waals surface area contributed by atoms with Gasteiger partial charge in [0.1, 0.15) is 6.61 Å². The summed E-state index contributed by atoms with van der Waals surface area (Å²) in [5.74, 6) is 0. The van der Waals surface area contributed by atoms with Crippen LogP contribution in [0.5, 0.6) is 0 Å². The van der Waals surface area contributed by atoms with Gasteiger partial charge in [-0.1, -0.05) is 0 Å². The van der Waals surface area contributed by atoms with Crippen molar-refractivity contribution in [2.45, 2.75) is 13.5 Å².